The van der Waals surface area contributed by atoms with Crippen LogP contribution in [0.25, 0.3) is 11.1 Å². The van der Waals surface area contributed by atoms with Crippen LogP contribution in [0.1, 0.15) is 15.9 Å². The van der Waals surface area contributed by atoms with Gasteiger partial charge in [-0.1, -0.05) is 54.6 Å². The van der Waals surface area contributed by atoms with Crippen LogP contribution in [0.3, 0.4) is 0 Å². The zero-order chi connectivity index (χ0) is 19.9. The van der Waals surface area contributed by atoms with Crippen LogP contribution in [-0.2, 0) is 16.0 Å². The molecule has 0 saturated heterocycles. The molecule has 0 aliphatic rings. The maximum atomic E-state index is 13.4. The molecule has 0 heterocycles. The molecule has 142 valence electrons. The Morgan fingerprint density at radius 2 is 1.61 bits per heavy atom. The summed E-state index contributed by atoms with van der Waals surface area (Å²) < 4.78 is 18.2. The number of hydrogen-bond donors (Lipinski definition) is 1. The molecule has 1 N–H and O–H groups in total. The summed E-state index contributed by atoms with van der Waals surface area (Å²) in [5.74, 6) is -1.38. The Morgan fingerprint density at radius 1 is 0.929 bits per heavy atom. The molecule has 0 fully saturated rings. The highest BCUT2D eigenvalue weighted by Gasteiger charge is 2.22. The van der Waals surface area contributed by atoms with E-state index in [4.69, 9.17) is 4.74 Å². The highest BCUT2D eigenvalue weighted by Crippen LogP contribution is 2.19. The lowest BCUT2D eigenvalue weighted by atomic mass is 10.0. The van der Waals surface area contributed by atoms with E-state index in [0.717, 1.165) is 11.1 Å². The summed E-state index contributed by atoms with van der Waals surface area (Å²) in [6.07, 6.45) is 0.137. The summed E-state index contributed by atoms with van der Waals surface area (Å²) in [5.41, 5.74) is 3.05. The van der Waals surface area contributed by atoms with Gasteiger partial charge in [-0.2, -0.15) is 0 Å². The van der Waals surface area contributed by atoms with Crippen LogP contribution < -0.4 is 5.32 Å². The van der Waals surface area contributed by atoms with E-state index in [0.29, 0.717) is 11.1 Å². The molecule has 0 radical (unpaired) electrons. The molecular formula is C23H20FNO3. The van der Waals surface area contributed by atoms with Crippen LogP contribution in [0.15, 0.2) is 78.9 Å². The van der Waals surface area contributed by atoms with Gasteiger partial charge in [0.25, 0.3) is 5.91 Å². The highest BCUT2D eigenvalue weighted by molar-refractivity contribution is 5.97. The first-order valence-electron chi connectivity index (χ1n) is 8.85. The Balaban J connectivity index is 1.73. The van der Waals surface area contributed by atoms with E-state index in [9.17, 15) is 14.0 Å². The van der Waals surface area contributed by atoms with Gasteiger partial charge < -0.3 is 10.1 Å². The molecule has 0 aromatic heterocycles. The van der Waals surface area contributed by atoms with Crippen molar-refractivity contribution >= 4 is 11.9 Å². The van der Waals surface area contributed by atoms with E-state index in [2.05, 4.69) is 5.32 Å². The van der Waals surface area contributed by atoms with Crippen molar-refractivity contribution in [3.05, 3.63) is 95.8 Å². The van der Waals surface area contributed by atoms with Crippen LogP contribution in [0, 0.1) is 5.82 Å². The average Bonchev–Trinajstić information content (AvgIpc) is 2.73. The van der Waals surface area contributed by atoms with Gasteiger partial charge in [-0.3, -0.25) is 4.79 Å². The maximum Gasteiger partial charge on any atom is 0.328 e. The zero-order valence-corrected chi connectivity index (χ0v) is 15.4. The number of benzene rings is 3. The zero-order valence-electron chi connectivity index (χ0n) is 15.4. The van der Waals surface area contributed by atoms with Gasteiger partial charge in [-0.05, 0) is 41.0 Å². The number of methoxy groups -OCH3 is 1. The second-order valence-electron chi connectivity index (χ2n) is 6.33. The fourth-order valence-electron chi connectivity index (χ4n) is 2.92. The van der Waals surface area contributed by atoms with Crippen LogP contribution in [0.4, 0.5) is 4.39 Å². The minimum atomic E-state index is -0.909. The molecule has 5 heteroatoms. The van der Waals surface area contributed by atoms with Crippen molar-refractivity contribution in [2.24, 2.45) is 0 Å². The molecule has 3 aromatic carbocycles. The standard InChI is InChI=1S/C23H20FNO3/c1-28-23(27)21(15-16-6-5-9-20(24)14-16)25-22(26)19-12-10-18(11-13-19)17-7-3-2-4-8-17/h2-14,21H,15H2,1H3,(H,25,26)/t21-/m0/s1. The largest absolute Gasteiger partial charge is 0.467 e. The number of nitrogens with one attached hydrogen (secondary N) is 1. The molecule has 0 bridgehead atoms. The Kier molecular flexibility index (Phi) is 6.17. The summed E-state index contributed by atoms with van der Waals surface area (Å²) in [7, 11) is 1.25. The molecule has 0 unspecified atom stereocenters. The van der Waals surface area contributed by atoms with E-state index in [1.807, 2.05) is 42.5 Å². The van der Waals surface area contributed by atoms with Gasteiger partial charge in [0.15, 0.2) is 0 Å². The normalized spacial score (nSPS) is 11.5. The van der Waals surface area contributed by atoms with Crippen molar-refractivity contribution in [2.75, 3.05) is 7.11 Å². The molecule has 0 spiro atoms. The SMILES string of the molecule is COC(=O)[C@H](Cc1cccc(F)c1)NC(=O)c1ccc(-c2ccccc2)cc1. The van der Waals surface area contributed by atoms with E-state index < -0.39 is 23.7 Å². The number of rotatable bonds is 6. The second kappa shape index (κ2) is 8.95. The molecule has 1 amide bonds. The number of hydrogen-bond acceptors (Lipinski definition) is 3. The molecule has 3 rings (SSSR count). The fourth-order valence-corrected chi connectivity index (χ4v) is 2.92. The summed E-state index contributed by atoms with van der Waals surface area (Å²) in [5, 5.41) is 2.68. The van der Waals surface area contributed by atoms with Gasteiger partial charge in [-0.25, -0.2) is 9.18 Å². The van der Waals surface area contributed by atoms with Crippen molar-refractivity contribution in [3.8, 4) is 11.1 Å². The summed E-state index contributed by atoms with van der Waals surface area (Å²) in [6.45, 7) is 0. The molecular weight excluding hydrogens is 357 g/mol. The molecule has 0 saturated carbocycles. The van der Waals surface area contributed by atoms with Gasteiger partial charge in [-0.15, -0.1) is 0 Å². The number of halogens is 1. The van der Waals surface area contributed by atoms with Crippen molar-refractivity contribution in [2.45, 2.75) is 12.5 Å². The van der Waals surface area contributed by atoms with Crippen LogP contribution in [0.5, 0.6) is 0 Å². The predicted octanol–water partition coefficient (Wildman–Crippen LogP) is 4.01. The van der Waals surface area contributed by atoms with Gasteiger partial charge in [0.2, 0.25) is 0 Å². The third-order valence-corrected chi connectivity index (χ3v) is 4.37. The van der Waals surface area contributed by atoms with Crippen molar-refractivity contribution in [3.63, 3.8) is 0 Å². The Morgan fingerprint density at radius 3 is 2.25 bits per heavy atom. The van der Waals surface area contributed by atoms with Gasteiger partial charge in [0.1, 0.15) is 11.9 Å². The van der Waals surface area contributed by atoms with Gasteiger partial charge in [0, 0.05) is 12.0 Å². The molecule has 1 atom stereocenters. The molecule has 0 aliphatic carbocycles. The lowest BCUT2D eigenvalue weighted by Gasteiger charge is -2.17. The van der Waals surface area contributed by atoms with Gasteiger partial charge in [0.05, 0.1) is 7.11 Å². The number of carbonyl (C=O) groups excluding carboxylic acids is 2. The highest BCUT2D eigenvalue weighted by atomic mass is 19.1. The summed E-state index contributed by atoms with van der Waals surface area (Å²) >= 11 is 0. The van der Waals surface area contributed by atoms with Crippen LogP contribution in [-0.4, -0.2) is 25.0 Å². The third kappa shape index (κ3) is 4.82. The summed E-state index contributed by atoms with van der Waals surface area (Å²) in [4.78, 5) is 24.7. The van der Waals surface area contributed by atoms with Crippen LogP contribution in [0.2, 0.25) is 0 Å². The van der Waals surface area contributed by atoms with E-state index >= 15 is 0 Å². The first-order valence-corrected chi connectivity index (χ1v) is 8.85. The topological polar surface area (TPSA) is 55.4 Å². The first-order chi connectivity index (χ1) is 13.6. The summed E-state index contributed by atoms with van der Waals surface area (Å²) in [6, 6.07) is 21.9. The Labute approximate surface area is 163 Å². The van der Waals surface area contributed by atoms with Crippen LogP contribution >= 0.6 is 0 Å². The molecule has 0 aliphatic heterocycles. The first kappa shape index (κ1) is 19.3. The van der Waals surface area contributed by atoms with Crippen molar-refractivity contribution in [1.82, 2.24) is 5.32 Å². The molecule has 28 heavy (non-hydrogen) atoms. The average molecular weight is 377 g/mol. The molecule has 4 nitrogen and oxygen atoms in total. The quantitative estimate of drug-likeness (QED) is 0.661. The number of esters is 1. The minimum Gasteiger partial charge on any atom is -0.467 e. The lowest BCUT2D eigenvalue weighted by Crippen LogP contribution is -2.43. The van der Waals surface area contributed by atoms with Crippen molar-refractivity contribution < 1.29 is 18.7 Å². The molecule has 3 aromatic rings. The maximum absolute atomic E-state index is 13.4. The predicted molar refractivity (Wildman–Crippen MR) is 105 cm³/mol. The van der Waals surface area contributed by atoms with E-state index in [1.54, 1.807) is 24.3 Å². The number of ether oxygens (including phenoxy) is 1. The minimum absolute atomic E-state index is 0.137. The fraction of sp³-hybridized carbons (Fsp3) is 0.130. The van der Waals surface area contributed by atoms with Gasteiger partial charge >= 0.3 is 5.97 Å². The monoisotopic (exact) mass is 377 g/mol. The number of amides is 1. The third-order valence-electron chi connectivity index (χ3n) is 4.37. The smallest absolute Gasteiger partial charge is 0.328 e. The van der Waals surface area contributed by atoms with E-state index in [1.165, 1.54) is 19.2 Å². The Hall–Kier alpha value is -3.47. The van der Waals surface area contributed by atoms with Crippen molar-refractivity contribution in [1.29, 1.82) is 0 Å². The number of carbonyl (C=O) groups is 2. The lowest BCUT2D eigenvalue weighted by molar-refractivity contribution is -0.142. The second-order valence-corrected chi connectivity index (χ2v) is 6.33. The Bertz CT molecular complexity index is 955. The van der Waals surface area contributed by atoms with E-state index in [-0.39, 0.29) is 6.42 Å².